The minimum atomic E-state index is -0.292. The maximum absolute atomic E-state index is 12.2. The van der Waals surface area contributed by atoms with Gasteiger partial charge in [0.2, 0.25) is 0 Å². The van der Waals surface area contributed by atoms with Gasteiger partial charge in [0.05, 0.1) is 0 Å². The number of amides is 1. The van der Waals surface area contributed by atoms with Crippen LogP contribution in [-0.2, 0) is 5.54 Å². The molecule has 4 heteroatoms. The van der Waals surface area contributed by atoms with E-state index in [2.05, 4.69) is 17.2 Å². The molecule has 1 unspecified atom stereocenters. The molecule has 1 heterocycles. The van der Waals surface area contributed by atoms with Crippen molar-refractivity contribution in [3.63, 3.8) is 0 Å². The van der Waals surface area contributed by atoms with E-state index < -0.39 is 0 Å². The summed E-state index contributed by atoms with van der Waals surface area (Å²) in [5.41, 5.74) is 8.55. The molecule has 3 N–H and O–H groups in total. The first-order chi connectivity index (χ1) is 10.1. The molecule has 108 valence electrons. The zero-order valence-electron chi connectivity index (χ0n) is 12.0. The average Bonchev–Trinajstić information content (AvgIpc) is 3.33. The van der Waals surface area contributed by atoms with Crippen molar-refractivity contribution in [3.05, 3.63) is 59.9 Å². The van der Waals surface area contributed by atoms with E-state index in [1.807, 2.05) is 24.3 Å². The Kier molecular flexibility index (Phi) is 3.47. The SMILES string of the molecule is CC(N)(c1ccc(C(=O)Nc2ccncc2)cc1)C1CC1. The summed E-state index contributed by atoms with van der Waals surface area (Å²) in [4.78, 5) is 16.1. The van der Waals surface area contributed by atoms with E-state index in [0.29, 0.717) is 11.5 Å². The molecular formula is C17H19N3O. The van der Waals surface area contributed by atoms with E-state index in [9.17, 15) is 4.79 Å². The van der Waals surface area contributed by atoms with E-state index in [-0.39, 0.29) is 11.4 Å². The predicted octanol–water partition coefficient (Wildman–Crippen LogP) is 2.92. The number of anilines is 1. The molecule has 0 radical (unpaired) electrons. The minimum Gasteiger partial charge on any atom is -0.322 e. The lowest BCUT2D eigenvalue weighted by molar-refractivity contribution is 0.102. The zero-order chi connectivity index (χ0) is 14.9. The molecule has 0 aliphatic heterocycles. The topological polar surface area (TPSA) is 68.0 Å². The molecule has 0 saturated heterocycles. The fraction of sp³-hybridized carbons (Fsp3) is 0.294. The normalized spacial score (nSPS) is 17.0. The molecule has 1 aliphatic rings. The number of benzene rings is 1. The van der Waals surface area contributed by atoms with Gasteiger partial charge in [-0.15, -0.1) is 0 Å². The van der Waals surface area contributed by atoms with E-state index >= 15 is 0 Å². The fourth-order valence-corrected chi connectivity index (χ4v) is 2.54. The maximum atomic E-state index is 12.2. The van der Waals surface area contributed by atoms with E-state index in [0.717, 1.165) is 11.3 Å². The van der Waals surface area contributed by atoms with Crippen LogP contribution < -0.4 is 11.1 Å². The molecule has 0 bridgehead atoms. The van der Waals surface area contributed by atoms with Crippen LogP contribution in [0.4, 0.5) is 5.69 Å². The molecule has 1 saturated carbocycles. The molecular weight excluding hydrogens is 262 g/mol. The largest absolute Gasteiger partial charge is 0.322 e. The van der Waals surface area contributed by atoms with Crippen molar-refractivity contribution >= 4 is 11.6 Å². The number of pyridine rings is 1. The van der Waals surface area contributed by atoms with Crippen LogP contribution in [0.15, 0.2) is 48.8 Å². The molecule has 3 rings (SSSR count). The van der Waals surface area contributed by atoms with Crippen molar-refractivity contribution in [1.29, 1.82) is 0 Å². The Labute approximate surface area is 124 Å². The van der Waals surface area contributed by atoms with E-state index in [4.69, 9.17) is 5.73 Å². The zero-order valence-corrected chi connectivity index (χ0v) is 12.0. The lowest BCUT2D eigenvalue weighted by Gasteiger charge is -2.25. The number of carbonyl (C=O) groups is 1. The van der Waals surface area contributed by atoms with Crippen molar-refractivity contribution in [3.8, 4) is 0 Å². The second kappa shape index (κ2) is 5.30. The number of rotatable bonds is 4. The highest BCUT2D eigenvalue weighted by atomic mass is 16.1. The summed E-state index contributed by atoms with van der Waals surface area (Å²) < 4.78 is 0. The maximum Gasteiger partial charge on any atom is 0.255 e. The number of carbonyl (C=O) groups excluding carboxylic acids is 1. The Balaban J connectivity index is 1.73. The number of nitrogens with zero attached hydrogens (tertiary/aromatic N) is 1. The number of hydrogen-bond acceptors (Lipinski definition) is 3. The minimum absolute atomic E-state index is 0.127. The summed E-state index contributed by atoms with van der Waals surface area (Å²) in [6.45, 7) is 2.07. The molecule has 0 spiro atoms. The highest BCUT2D eigenvalue weighted by Crippen LogP contribution is 2.43. The smallest absolute Gasteiger partial charge is 0.255 e. The lowest BCUT2D eigenvalue weighted by Crippen LogP contribution is -2.35. The van der Waals surface area contributed by atoms with Crippen LogP contribution in [0.5, 0.6) is 0 Å². The van der Waals surface area contributed by atoms with Crippen molar-refractivity contribution in [2.75, 3.05) is 5.32 Å². The molecule has 1 aromatic heterocycles. The number of nitrogens with two attached hydrogens (primary N) is 1. The summed E-state index contributed by atoms with van der Waals surface area (Å²) in [6.07, 6.45) is 5.68. The summed E-state index contributed by atoms with van der Waals surface area (Å²) in [6, 6.07) is 11.1. The van der Waals surface area contributed by atoms with Gasteiger partial charge in [0.15, 0.2) is 0 Å². The molecule has 21 heavy (non-hydrogen) atoms. The van der Waals surface area contributed by atoms with Gasteiger partial charge in [-0.25, -0.2) is 0 Å². The molecule has 1 aromatic carbocycles. The van der Waals surface area contributed by atoms with Crippen molar-refractivity contribution < 1.29 is 4.79 Å². The third-order valence-corrected chi connectivity index (χ3v) is 4.13. The van der Waals surface area contributed by atoms with Crippen LogP contribution in [0.25, 0.3) is 0 Å². The molecule has 2 aromatic rings. The molecule has 1 atom stereocenters. The van der Waals surface area contributed by atoms with Crippen LogP contribution in [0.3, 0.4) is 0 Å². The molecule has 4 nitrogen and oxygen atoms in total. The van der Waals surface area contributed by atoms with Crippen molar-refractivity contribution in [1.82, 2.24) is 4.98 Å². The van der Waals surface area contributed by atoms with Gasteiger partial charge >= 0.3 is 0 Å². The van der Waals surface area contributed by atoms with E-state index in [1.54, 1.807) is 24.5 Å². The summed E-state index contributed by atoms with van der Waals surface area (Å²) >= 11 is 0. The highest BCUT2D eigenvalue weighted by molar-refractivity contribution is 6.04. The van der Waals surface area contributed by atoms with Gasteiger partial charge in [0.25, 0.3) is 5.91 Å². The van der Waals surface area contributed by atoms with Gasteiger partial charge < -0.3 is 11.1 Å². The van der Waals surface area contributed by atoms with Crippen LogP contribution in [0.1, 0.15) is 35.7 Å². The summed E-state index contributed by atoms with van der Waals surface area (Å²) in [5, 5.41) is 2.84. The Morgan fingerprint density at radius 2 is 1.81 bits per heavy atom. The lowest BCUT2D eigenvalue weighted by atomic mass is 9.87. The van der Waals surface area contributed by atoms with Crippen LogP contribution in [0.2, 0.25) is 0 Å². The van der Waals surface area contributed by atoms with Crippen LogP contribution in [0, 0.1) is 5.92 Å². The summed E-state index contributed by atoms with van der Waals surface area (Å²) in [5.74, 6) is 0.437. The van der Waals surface area contributed by atoms with Gasteiger partial charge in [-0.2, -0.15) is 0 Å². The first kappa shape index (κ1) is 13.8. The van der Waals surface area contributed by atoms with Crippen molar-refractivity contribution in [2.24, 2.45) is 11.7 Å². The second-order valence-corrected chi connectivity index (χ2v) is 5.82. The standard InChI is InChI=1S/C17H19N3O/c1-17(18,14-6-7-14)13-4-2-12(3-5-13)16(21)20-15-8-10-19-11-9-15/h2-5,8-11,14H,6-7,18H2,1H3,(H,19,20,21). The first-order valence-corrected chi connectivity index (χ1v) is 7.18. The molecule has 1 amide bonds. The van der Waals surface area contributed by atoms with E-state index in [1.165, 1.54) is 12.8 Å². The van der Waals surface area contributed by atoms with Gasteiger partial charge in [-0.05, 0) is 55.5 Å². The van der Waals surface area contributed by atoms with Gasteiger partial charge in [-0.3, -0.25) is 9.78 Å². The monoisotopic (exact) mass is 281 g/mol. The van der Waals surface area contributed by atoms with Crippen LogP contribution in [-0.4, -0.2) is 10.9 Å². The highest BCUT2D eigenvalue weighted by Gasteiger charge is 2.39. The Morgan fingerprint density at radius 1 is 1.19 bits per heavy atom. The average molecular weight is 281 g/mol. The third-order valence-electron chi connectivity index (χ3n) is 4.13. The second-order valence-electron chi connectivity index (χ2n) is 5.82. The van der Waals surface area contributed by atoms with Gasteiger partial charge in [0, 0.05) is 29.2 Å². The van der Waals surface area contributed by atoms with Crippen molar-refractivity contribution in [2.45, 2.75) is 25.3 Å². The predicted molar refractivity (Wildman–Crippen MR) is 82.9 cm³/mol. The quantitative estimate of drug-likeness (QED) is 0.905. The Hall–Kier alpha value is -2.20. The van der Waals surface area contributed by atoms with Gasteiger partial charge in [-0.1, -0.05) is 12.1 Å². The molecule has 1 aliphatic carbocycles. The number of hydrogen-bond donors (Lipinski definition) is 2. The van der Waals surface area contributed by atoms with Crippen LogP contribution >= 0.6 is 0 Å². The number of aromatic nitrogens is 1. The Morgan fingerprint density at radius 3 is 2.38 bits per heavy atom. The van der Waals surface area contributed by atoms with Gasteiger partial charge in [0.1, 0.15) is 0 Å². The third kappa shape index (κ3) is 2.95. The summed E-state index contributed by atoms with van der Waals surface area (Å²) in [7, 11) is 0. The first-order valence-electron chi connectivity index (χ1n) is 7.18. The molecule has 1 fully saturated rings. The fourth-order valence-electron chi connectivity index (χ4n) is 2.54. The Bertz CT molecular complexity index is 631. The number of nitrogens with one attached hydrogen (secondary N) is 1.